The Hall–Kier alpha value is -3.32. The van der Waals surface area contributed by atoms with E-state index in [1.807, 2.05) is 6.07 Å². The number of ketones is 1. The summed E-state index contributed by atoms with van der Waals surface area (Å²) in [5, 5.41) is 10.9. The zero-order chi connectivity index (χ0) is 17.3. The van der Waals surface area contributed by atoms with Crippen molar-refractivity contribution in [2.24, 2.45) is 0 Å². The van der Waals surface area contributed by atoms with Crippen molar-refractivity contribution in [2.75, 3.05) is 0 Å². The molecule has 0 spiro atoms. The molecule has 0 aliphatic carbocycles. The topological polar surface area (TPSA) is 67.5 Å². The number of hydrogen-bond acceptors (Lipinski definition) is 4. The number of aromatic hydroxyl groups is 1. The standard InChI is InChI=1S/C20H14O4/c1-3-13-9-10-15-16(11-13)24-20(23)18(19(15)22)17(12(2)21)14-7-5-4-6-8-14/h1,4-11,17,22H,2H3. The van der Waals surface area contributed by atoms with Gasteiger partial charge in [0.1, 0.15) is 17.1 Å². The lowest BCUT2D eigenvalue weighted by atomic mass is 9.88. The van der Waals surface area contributed by atoms with Crippen LogP contribution in [0.1, 0.15) is 29.5 Å². The van der Waals surface area contributed by atoms with Crippen molar-refractivity contribution in [3.63, 3.8) is 0 Å². The largest absolute Gasteiger partial charge is 0.507 e. The molecule has 0 amide bonds. The molecule has 1 heterocycles. The molecule has 1 N–H and O–H groups in total. The number of terminal acetylenes is 1. The van der Waals surface area contributed by atoms with Crippen LogP contribution < -0.4 is 5.63 Å². The Morgan fingerprint density at radius 2 is 1.92 bits per heavy atom. The second kappa shape index (κ2) is 6.05. The average molecular weight is 318 g/mol. The molecule has 0 aliphatic rings. The zero-order valence-corrected chi connectivity index (χ0v) is 12.9. The highest BCUT2D eigenvalue weighted by Crippen LogP contribution is 2.34. The predicted molar refractivity (Wildman–Crippen MR) is 91.0 cm³/mol. The van der Waals surface area contributed by atoms with E-state index in [1.165, 1.54) is 13.0 Å². The number of hydrogen-bond donors (Lipinski definition) is 1. The fourth-order valence-corrected chi connectivity index (χ4v) is 2.79. The number of fused-ring (bicyclic) bond motifs is 1. The summed E-state index contributed by atoms with van der Waals surface area (Å²) in [5.74, 6) is 1.04. The first-order valence-corrected chi connectivity index (χ1v) is 7.34. The van der Waals surface area contributed by atoms with Gasteiger partial charge in [-0.15, -0.1) is 6.42 Å². The Morgan fingerprint density at radius 3 is 2.54 bits per heavy atom. The Morgan fingerprint density at radius 1 is 1.21 bits per heavy atom. The molecule has 4 nitrogen and oxygen atoms in total. The molecule has 3 rings (SSSR count). The quantitative estimate of drug-likeness (QED) is 0.595. The Bertz CT molecular complexity index is 1020. The van der Waals surface area contributed by atoms with Crippen molar-refractivity contribution >= 4 is 16.8 Å². The molecule has 1 atom stereocenters. The molecule has 118 valence electrons. The fraction of sp³-hybridized carbons (Fsp3) is 0.100. The Kier molecular flexibility index (Phi) is 3.93. The smallest absolute Gasteiger partial charge is 0.344 e. The Labute approximate surface area is 138 Å². The van der Waals surface area contributed by atoms with Crippen molar-refractivity contribution in [3.8, 4) is 18.1 Å². The van der Waals surface area contributed by atoms with Crippen LogP contribution in [0.25, 0.3) is 11.0 Å². The van der Waals surface area contributed by atoms with Gasteiger partial charge in [-0.25, -0.2) is 4.79 Å². The maximum atomic E-state index is 12.4. The van der Waals surface area contributed by atoms with Gasteiger partial charge in [0.25, 0.3) is 0 Å². The van der Waals surface area contributed by atoms with E-state index in [0.717, 1.165) is 0 Å². The van der Waals surface area contributed by atoms with Crippen molar-refractivity contribution < 1.29 is 14.3 Å². The third-order valence-corrected chi connectivity index (χ3v) is 3.91. The number of rotatable bonds is 3. The van der Waals surface area contributed by atoms with Crippen LogP contribution in [-0.4, -0.2) is 10.9 Å². The highest BCUT2D eigenvalue weighted by Gasteiger charge is 2.28. The van der Waals surface area contributed by atoms with Gasteiger partial charge < -0.3 is 9.52 Å². The van der Waals surface area contributed by atoms with Crippen molar-refractivity contribution in [2.45, 2.75) is 12.8 Å². The summed E-state index contributed by atoms with van der Waals surface area (Å²) >= 11 is 0. The number of carbonyl (C=O) groups is 1. The van der Waals surface area contributed by atoms with Gasteiger partial charge in [-0.1, -0.05) is 36.3 Å². The lowest BCUT2D eigenvalue weighted by Gasteiger charge is -2.15. The zero-order valence-electron chi connectivity index (χ0n) is 12.9. The summed E-state index contributed by atoms with van der Waals surface area (Å²) in [6, 6.07) is 13.5. The van der Waals surface area contributed by atoms with Crippen molar-refractivity contribution in [3.05, 3.63) is 75.6 Å². The lowest BCUT2D eigenvalue weighted by Crippen LogP contribution is -2.19. The second-order valence-corrected chi connectivity index (χ2v) is 5.46. The number of carbonyl (C=O) groups excluding carboxylic acids is 1. The molecule has 4 heteroatoms. The van der Waals surface area contributed by atoms with Crippen LogP contribution in [0.2, 0.25) is 0 Å². The van der Waals surface area contributed by atoms with Crippen LogP contribution in [-0.2, 0) is 4.79 Å². The first kappa shape index (κ1) is 15.6. The van der Waals surface area contributed by atoms with E-state index >= 15 is 0 Å². The van der Waals surface area contributed by atoms with Crippen LogP contribution in [0.3, 0.4) is 0 Å². The average Bonchev–Trinajstić information content (AvgIpc) is 2.58. The van der Waals surface area contributed by atoms with E-state index in [1.54, 1.807) is 36.4 Å². The van der Waals surface area contributed by atoms with Crippen LogP contribution in [0.15, 0.2) is 57.7 Å². The summed E-state index contributed by atoms with van der Waals surface area (Å²) in [6.07, 6.45) is 5.33. The molecule has 1 unspecified atom stereocenters. The number of Topliss-reactive ketones (excluding diaryl/α,β-unsaturated/α-hetero) is 1. The van der Waals surface area contributed by atoms with E-state index in [0.29, 0.717) is 16.5 Å². The maximum absolute atomic E-state index is 12.4. The summed E-state index contributed by atoms with van der Waals surface area (Å²) < 4.78 is 5.31. The van der Waals surface area contributed by atoms with Crippen molar-refractivity contribution in [1.82, 2.24) is 0 Å². The predicted octanol–water partition coefficient (Wildman–Crippen LogP) is 3.20. The summed E-state index contributed by atoms with van der Waals surface area (Å²) in [5.41, 5.74) is 0.524. The summed E-state index contributed by atoms with van der Waals surface area (Å²) in [7, 11) is 0. The molecule has 0 saturated heterocycles. The van der Waals surface area contributed by atoms with Crippen LogP contribution in [0, 0.1) is 12.3 Å². The minimum atomic E-state index is -0.890. The van der Waals surface area contributed by atoms with Gasteiger partial charge >= 0.3 is 5.63 Å². The normalized spacial score (nSPS) is 11.8. The minimum Gasteiger partial charge on any atom is -0.507 e. The third-order valence-electron chi connectivity index (χ3n) is 3.91. The molecule has 1 aromatic heterocycles. The van der Waals surface area contributed by atoms with Crippen molar-refractivity contribution in [1.29, 1.82) is 0 Å². The van der Waals surface area contributed by atoms with Gasteiger partial charge in [-0.05, 0) is 30.7 Å². The molecule has 0 radical (unpaired) electrons. The fourth-order valence-electron chi connectivity index (χ4n) is 2.79. The van der Waals surface area contributed by atoms with Gasteiger partial charge in [0.15, 0.2) is 0 Å². The molecule has 24 heavy (non-hydrogen) atoms. The van der Waals surface area contributed by atoms with Gasteiger partial charge in [-0.2, -0.15) is 0 Å². The number of benzene rings is 2. The third kappa shape index (κ3) is 2.57. The summed E-state index contributed by atoms with van der Waals surface area (Å²) in [6.45, 7) is 1.38. The van der Waals surface area contributed by atoms with Gasteiger partial charge in [0, 0.05) is 5.56 Å². The molecule has 2 aromatic carbocycles. The van der Waals surface area contributed by atoms with Gasteiger partial charge in [0.2, 0.25) is 0 Å². The molecule has 0 fully saturated rings. The molecular weight excluding hydrogens is 304 g/mol. The van der Waals surface area contributed by atoms with E-state index in [9.17, 15) is 14.7 Å². The molecular formula is C20H14O4. The highest BCUT2D eigenvalue weighted by atomic mass is 16.4. The molecule has 0 aliphatic heterocycles. The van der Waals surface area contributed by atoms with E-state index in [-0.39, 0.29) is 22.7 Å². The van der Waals surface area contributed by atoms with E-state index < -0.39 is 11.5 Å². The maximum Gasteiger partial charge on any atom is 0.344 e. The van der Waals surface area contributed by atoms with E-state index in [4.69, 9.17) is 10.8 Å². The second-order valence-electron chi connectivity index (χ2n) is 5.46. The summed E-state index contributed by atoms with van der Waals surface area (Å²) in [4.78, 5) is 24.6. The van der Waals surface area contributed by atoms with Gasteiger partial charge in [0.05, 0.1) is 16.9 Å². The lowest BCUT2D eigenvalue weighted by molar-refractivity contribution is -0.117. The molecule has 0 saturated carbocycles. The first-order chi connectivity index (χ1) is 11.5. The highest BCUT2D eigenvalue weighted by molar-refractivity contribution is 5.91. The monoisotopic (exact) mass is 318 g/mol. The molecule has 0 bridgehead atoms. The van der Waals surface area contributed by atoms with E-state index in [2.05, 4.69) is 5.92 Å². The minimum absolute atomic E-state index is 0.0605. The SMILES string of the molecule is C#Cc1ccc2c(O)c(C(C(C)=O)c3ccccc3)c(=O)oc2c1. The Balaban J connectivity index is 2.31. The van der Waals surface area contributed by atoms with Crippen LogP contribution in [0.4, 0.5) is 0 Å². The van der Waals surface area contributed by atoms with Crippen LogP contribution in [0.5, 0.6) is 5.75 Å². The van der Waals surface area contributed by atoms with Gasteiger partial charge in [-0.3, -0.25) is 4.79 Å². The van der Waals surface area contributed by atoms with Crippen LogP contribution >= 0.6 is 0 Å². The first-order valence-electron chi connectivity index (χ1n) is 7.34. The molecule has 3 aromatic rings.